The van der Waals surface area contributed by atoms with Crippen molar-refractivity contribution < 1.29 is 9.90 Å². The van der Waals surface area contributed by atoms with E-state index in [2.05, 4.69) is 25.8 Å². The molecule has 186 valence electrons. The smallest absolute Gasteiger partial charge is 0.237 e. The molecule has 1 amide bonds. The quantitative estimate of drug-likeness (QED) is 0.489. The third-order valence-corrected chi connectivity index (χ3v) is 6.92. The van der Waals surface area contributed by atoms with Crippen molar-refractivity contribution in [3.63, 3.8) is 0 Å². The summed E-state index contributed by atoms with van der Waals surface area (Å²) in [5.74, 6) is 0.0220. The fourth-order valence-corrected chi connectivity index (χ4v) is 4.95. The fraction of sp³-hybridized carbons (Fsp3) is 0.480. The van der Waals surface area contributed by atoms with Gasteiger partial charge in [-0.3, -0.25) is 9.69 Å². The largest absolute Gasteiger partial charge is 0.376 e. The Morgan fingerprint density at radius 2 is 1.89 bits per heavy atom. The number of aryl methyl sites for hydroxylation is 1. The number of likely N-dealkylation sites (tertiary alicyclic amines) is 1. The molecule has 0 spiro atoms. The van der Waals surface area contributed by atoms with Gasteiger partial charge >= 0.3 is 0 Å². The number of hydrogen-bond donors (Lipinski definition) is 2. The molecule has 35 heavy (non-hydrogen) atoms. The summed E-state index contributed by atoms with van der Waals surface area (Å²) in [5.41, 5.74) is 3.51. The molecule has 0 saturated carbocycles. The van der Waals surface area contributed by atoms with Gasteiger partial charge in [0.2, 0.25) is 5.91 Å². The minimum Gasteiger partial charge on any atom is -0.376 e. The molecule has 0 radical (unpaired) electrons. The maximum absolute atomic E-state index is 13.3. The lowest BCUT2D eigenvalue weighted by Crippen LogP contribution is -2.51. The van der Waals surface area contributed by atoms with E-state index in [1.165, 1.54) is 6.20 Å². The van der Waals surface area contributed by atoms with Crippen LogP contribution in [0.5, 0.6) is 0 Å². The highest BCUT2D eigenvalue weighted by atomic mass is 35.5. The van der Waals surface area contributed by atoms with Gasteiger partial charge in [0.15, 0.2) is 0 Å². The van der Waals surface area contributed by atoms with Gasteiger partial charge in [-0.1, -0.05) is 54.9 Å². The third-order valence-electron chi connectivity index (χ3n) is 6.62. The second-order valence-electron chi connectivity index (χ2n) is 9.49. The molecule has 10 heteroatoms. The number of aromatic nitrogens is 5. The van der Waals surface area contributed by atoms with E-state index >= 15 is 0 Å². The molecule has 1 aliphatic heterocycles. The number of carbonyl (C=O) groups excluding carboxylic acids is 1. The van der Waals surface area contributed by atoms with E-state index in [4.69, 9.17) is 11.6 Å². The topological polar surface area (TPSA) is 109 Å². The van der Waals surface area contributed by atoms with Gasteiger partial charge in [0, 0.05) is 18.3 Å². The molecule has 3 heterocycles. The number of carbonyl (C=O) groups is 1. The molecule has 1 fully saturated rings. The monoisotopic (exact) mass is 497 g/mol. The Morgan fingerprint density at radius 1 is 1.17 bits per heavy atom. The third kappa shape index (κ3) is 5.52. The number of nitrogens with one attached hydrogen (secondary N) is 1. The zero-order valence-corrected chi connectivity index (χ0v) is 21.2. The molecule has 1 unspecified atom stereocenters. The highest BCUT2D eigenvalue weighted by molar-refractivity contribution is 6.33. The van der Waals surface area contributed by atoms with Crippen molar-refractivity contribution in [3.05, 3.63) is 59.1 Å². The number of rotatable bonds is 8. The Balaban J connectivity index is 1.44. The van der Waals surface area contributed by atoms with Crippen LogP contribution in [0.2, 0.25) is 5.02 Å². The lowest BCUT2D eigenvalue weighted by molar-refractivity contribution is -0.133. The molecule has 4 atom stereocenters. The van der Waals surface area contributed by atoms with Gasteiger partial charge < -0.3 is 10.4 Å². The summed E-state index contributed by atoms with van der Waals surface area (Å²) >= 11 is 6.23. The highest BCUT2D eigenvalue weighted by Crippen LogP contribution is 2.30. The molecular weight excluding hydrogens is 466 g/mol. The van der Waals surface area contributed by atoms with E-state index in [1.807, 2.05) is 63.1 Å². The molecule has 4 rings (SSSR count). The fourth-order valence-electron chi connectivity index (χ4n) is 4.74. The summed E-state index contributed by atoms with van der Waals surface area (Å²) < 4.78 is 1.71. The van der Waals surface area contributed by atoms with Crippen molar-refractivity contribution in [3.8, 4) is 11.1 Å². The molecular formula is C25H32ClN7O2. The minimum absolute atomic E-state index is 0.0863. The van der Waals surface area contributed by atoms with E-state index in [9.17, 15) is 9.90 Å². The predicted octanol–water partition coefficient (Wildman–Crippen LogP) is 3.55. The molecule has 0 aliphatic carbocycles. The number of aliphatic hydroxyl groups excluding tert-OH is 1. The van der Waals surface area contributed by atoms with Crippen LogP contribution < -0.4 is 5.32 Å². The van der Waals surface area contributed by atoms with Gasteiger partial charge in [-0.15, -0.1) is 5.10 Å². The zero-order valence-electron chi connectivity index (χ0n) is 20.5. The molecule has 1 aliphatic rings. The average Bonchev–Trinajstić information content (AvgIpc) is 3.49. The van der Waals surface area contributed by atoms with Gasteiger partial charge in [-0.05, 0) is 43.7 Å². The first-order valence-electron chi connectivity index (χ1n) is 12.0. The van der Waals surface area contributed by atoms with Crippen LogP contribution in [0.3, 0.4) is 0 Å². The standard InChI is InChI=1S/C25H32ClN7O2/c1-15(2)23(33-14-16(3)30-31-33)25(35)32-11-5-6-22(32)24(34)29-17(4)18-7-9-19(10-8-18)20-12-27-28-13-21(20)26/h7-10,12-15,17,22-23,25,35H,5-6,11H2,1-4H3,(H,29,34)/t17-,22-,23-,25?/m0/s1. The summed E-state index contributed by atoms with van der Waals surface area (Å²) in [4.78, 5) is 15.2. The summed E-state index contributed by atoms with van der Waals surface area (Å²) in [6.07, 6.45) is 5.68. The number of aliphatic hydroxyl groups is 1. The lowest BCUT2D eigenvalue weighted by atomic mass is 10.0. The predicted molar refractivity (Wildman–Crippen MR) is 133 cm³/mol. The summed E-state index contributed by atoms with van der Waals surface area (Å²) in [6.45, 7) is 8.56. The molecule has 0 bridgehead atoms. The molecule has 2 aromatic heterocycles. The normalized spacial score (nSPS) is 19.0. The van der Waals surface area contributed by atoms with Crippen molar-refractivity contribution in [1.82, 2.24) is 35.4 Å². The van der Waals surface area contributed by atoms with Crippen molar-refractivity contribution in [2.24, 2.45) is 5.92 Å². The van der Waals surface area contributed by atoms with Crippen molar-refractivity contribution in [2.45, 2.75) is 64.9 Å². The van der Waals surface area contributed by atoms with Gasteiger partial charge in [0.1, 0.15) is 6.23 Å². The summed E-state index contributed by atoms with van der Waals surface area (Å²) in [6, 6.07) is 6.96. The van der Waals surface area contributed by atoms with Crippen molar-refractivity contribution in [2.75, 3.05) is 6.54 Å². The number of benzene rings is 1. The van der Waals surface area contributed by atoms with E-state index < -0.39 is 12.3 Å². The number of amides is 1. The van der Waals surface area contributed by atoms with Gasteiger partial charge in [0.05, 0.1) is 41.2 Å². The maximum atomic E-state index is 13.3. The van der Waals surface area contributed by atoms with E-state index in [0.29, 0.717) is 18.0 Å². The summed E-state index contributed by atoms with van der Waals surface area (Å²) in [7, 11) is 0. The molecule has 3 aromatic rings. The Hall–Kier alpha value is -2.88. The van der Waals surface area contributed by atoms with Gasteiger partial charge in [-0.2, -0.15) is 10.2 Å². The maximum Gasteiger partial charge on any atom is 0.237 e. The van der Waals surface area contributed by atoms with Crippen LogP contribution >= 0.6 is 11.6 Å². The SMILES string of the molecule is Cc1cn([C@@H](C(C)C)C(O)N2CCC[C@H]2C(=O)N[C@@H](C)c2ccc(-c3cnncc3Cl)cc2)nn1. The van der Waals surface area contributed by atoms with Gasteiger partial charge in [0.25, 0.3) is 0 Å². The second-order valence-corrected chi connectivity index (χ2v) is 9.89. The Bertz CT molecular complexity index is 1150. The van der Waals surface area contributed by atoms with E-state index in [-0.39, 0.29) is 23.9 Å². The van der Waals surface area contributed by atoms with Crippen LogP contribution in [0.1, 0.15) is 57.0 Å². The van der Waals surface area contributed by atoms with Crippen molar-refractivity contribution >= 4 is 17.5 Å². The van der Waals surface area contributed by atoms with Crippen LogP contribution in [0.4, 0.5) is 0 Å². The van der Waals surface area contributed by atoms with Crippen LogP contribution in [-0.4, -0.2) is 59.9 Å². The average molecular weight is 498 g/mol. The van der Waals surface area contributed by atoms with Crippen LogP contribution in [0.25, 0.3) is 11.1 Å². The second kappa shape index (κ2) is 10.8. The number of halogens is 1. The Morgan fingerprint density at radius 3 is 2.51 bits per heavy atom. The minimum atomic E-state index is -0.845. The zero-order chi connectivity index (χ0) is 25.1. The van der Waals surface area contributed by atoms with Gasteiger partial charge in [-0.25, -0.2) is 4.68 Å². The first-order chi connectivity index (χ1) is 16.8. The van der Waals surface area contributed by atoms with E-state index in [0.717, 1.165) is 28.8 Å². The highest BCUT2D eigenvalue weighted by Gasteiger charge is 2.40. The van der Waals surface area contributed by atoms with Crippen LogP contribution in [0, 0.1) is 12.8 Å². The molecule has 1 saturated heterocycles. The Kier molecular flexibility index (Phi) is 7.78. The first-order valence-corrected chi connectivity index (χ1v) is 12.3. The summed E-state index contributed by atoms with van der Waals surface area (Å²) in [5, 5.41) is 30.9. The molecule has 1 aromatic carbocycles. The lowest BCUT2D eigenvalue weighted by Gasteiger charge is -2.36. The Labute approximate surface area is 210 Å². The van der Waals surface area contributed by atoms with Crippen LogP contribution in [0.15, 0.2) is 42.9 Å². The van der Waals surface area contributed by atoms with Crippen LogP contribution in [-0.2, 0) is 4.79 Å². The number of hydrogen-bond acceptors (Lipinski definition) is 7. The first kappa shape index (κ1) is 25.2. The molecule has 9 nitrogen and oxygen atoms in total. The molecule has 2 N–H and O–H groups in total. The van der Waals surface area contributed by atoms with Crippen molar-refractivity contribution in [1.29, 1.82) is 0 Å². The van der Waals surface area contributed by atoms with E-state index in [1.54, 1.807) is 10.9 Å². The number of nitrogens with zero attached hydrogens (tertiary/aromatic N) is 6.